The van der Waals surface area contributed by atoms with Gasteiger partial charge in [0, 0.05) is 82.7 Å². The number of rotatable bonds is 12. The molecule has 3 atom stereocenters. The quantitative estimate of drug-likeness (QED) is 0.330. The topological polar surface area (TPSA) is 85.0 Å². The molecule has 0 aromatic heterocycles. The highest BCUT2D eigenvalue weighted by Crippen LogP contribution is 2.31. The van der Waals surface area contributed by atoms with Crippen LogP contribution in [0.5, 0.6) is 0 Å². The van der Waals surface area contributed by atoms with Gasteiger partial charge in [0.2, 0.25) is 17.7 Å². The number of hydrogen-bond donors (Lipinski definition) is 2. The molecule has 3 aliphatic rings. The first-order valence-corrected chi connectivity index (χ1v) is 17.7. The zero-order chi connectivity index (χ0) is 32.6. The van der Waals surface area contributed by atoms with Crippen molar-refractivity contribution in [3.8, 4) is 0 Å². The maximum absolute atomic E-state index is 14.1. The fraction of sp³-hybridized carbons (Fsp3) is 0.595. The average molecular weight is 650 g/mol. The van der Waals surface area contributed by atoms with E-state index in [1.165, 1.54) is 37.7 Å². The van der Waals surface area contributed by atoms with Crippen LogP contribution < -0.4 is 10.6 Å². The van der Waals surface area contributed by atoms with Gasteiger partial charge in [0.15, 0.2) is 0 Å². The fourth-order valence-corrected chi connectivity index (χ4v) is 7.76. The van der Waals surface area contributed by atoms with Crippen molar-refractivity contribution in [2.75, 3.05) is 39.3 Å². The molecule has 2 aliphatic heterocycles. The fourth-order valence-electron chi connectivity index (χ4n) is 7.63. The molecule has 8 nitrogen and oxygen atoms in total. The van der Waals surface area contributed by atoms with Crippen molar-refractivity contribution in [3.05, 3.63) is 70.2 Å². The zero-order valence-corrected chi connectivity index (χ0v) is 28.6. The van der Waals surface area contributed by atoms with E-state index in [-0.39, 0.29) is 30.2 Å². The van der Waals surface area contributed by atoms with E-state index in [4.69, 9.17) is 11.6 Å². The molecule has 3 unspecified atom stereocenters. The molecule has 0 bridgehead atoms. The summed E-state index contributed by atoms with van der Waals surface area (Å²) in [4.78, 5) is 46.7. The van der Waals surface area contributed by atoms with Crippen LogP contribution in [0.3, 0.4) is 0 Å². The van der Waals surface area contributed by atoms with E-state index in [0.717, 1.165) is 43.9 Å². The molecule has 2 fully saturated rings. The highest BCUT2D eigenvalue weighted by molar-refractivity contribution is 6.30. The van der Waals surface area contributed by atoms with Crippen LogP contribution in [0.2, 0.25) is 5.02 Å². The molecule has 1 saturated carbocycles. The Morgan fingerprint density at radius 3 is 2.33 bits per heavy atom. The van der Waals surface area contributed by atoms with Gasteiger partial charge in [-0.05, 0) is 53.5 Å². The summed E-state index contributed by atoms with van der Waals surface area (Å²) in [5, 5.41) is 7.20. The molecule has 5 rings (SSSR count). The number of hydrogen-bond acceptors (Lipinski definition) is 5. The number of carbonyl (C=O) groups excluding carboxylic acids is 3. The lowest BCUT2D eigenvalue weighted by molar-refractivity contribution is -0.138. The van der Waals surface area contributed by atoms with Crippen LogP contribution in [-0.4, -0.2) is 83.8 Å². The van der Waals surface area contributed by atoms with Crippen molar-refractivity contribution in [1.29, 1.82) is 0 Å². The van der Waals surface area contributed by atoms with Crippen molar-refractivity contribution in [2.24, 2.45) is 11.8 Å². The minimum atomic E-state index is -0.662. The minimum Gasteiger partial charge on any atom is -0.344 e. The third kappa shape index (κ3) is 9.11. The standard InChI is InChI=1S/C37H52ClN5O3/c1-26(2)24-43(27(3)44)25-35(29-9-5-4-6-10-29)41-17-19-42(20-18-41)37(46)34(21-28-13-15-31(38)16-14-28)40-36(45)22-33-32-12-8-7-11-30(32)23-39-33/h7-8,11-16,26,29,33-35,39H,4-6,9-10,17-25H2,1-3H3,(H,40,45). The van der Waals surface area contributed by atoms with E-state index in [2.05, 4.69) is 41.5 Å². The Morgan fingerprint density at radius 1 is 0.957 bits per heavy atom. The van der Waals surface area contributed by atoms with Crippen molar-refractivity contribution in [2.45, 2.75) is 90.4 Å². The SMILES string of the molecule is CC(=O)N(CC(C)C)CC(C1CCCCC1)N1CCN(C(=O)C(Cc2ccc(Cl)cc2)NC(=O)CC2NCc3ccccc32)CC1. The minimum absolute atomic E-state index is 0.0397. The second-order valence-electron chi connectivity index (χ2n) is 13.9. The molecule has 2 aromatic carbocycles. The molecule has 2 aromatic rings. The molecule has 3 amide bonds. The van der Waals surface area contributed by atoms with Crippen LogP contribution in [0.1, 0.15) is 82.0 Å². The van der Waals surface area contributed by atoms with Gasteiger partial charge in [0.25, 0.3) is 0 Å². The highest BCUT2D eigenvalue weighted by atomic mass is 35.5. The van der Waals surface area contributed by atoms with E-state index in [1.807, 2.05) is 46.2 Å². The number of carbonyl (C=O) groups is 3. The van der Waals surface area contributed by atoms with Gasteiger partial charge < -0.3 is 20.4 Å². The van der Waals surface area contributed by atoms with Gasteiger partial charge in [-0.3, -0.25) is 19.3 Å². The van der Waals surface area contributed by atoms with Gasteiger partial charge in [0.1, 0.15) is 6.04 Å². The summed E-state index contributed by atoms with van der Waals surface area (Å²) >= 11 is 6.14. The smallest absolute Gasteiger partial charge is 0.245 e. The lowest BCUT2D eigenvalue weighted by Crippen LogP contribution is -2.59. The lowest BCUT2D eigenvalue weighted by atomic mass is 9.82. The Balaban J connectivity index is 1.26. The monoisotopic (exact) mass is 649 g/mol. The van der Waals surface area contributed by atoms with E-state index >= 15 is 0 Å². The number of piperazine rings is 1. The summed E-state index contributed by atoms with van der Waals surface area (Å²) in [5.74, 6) is 0.947. The van der Waals surface area contributed by atoms with Crippen molar-refractivity contribution in [1.82, 2.24) is 25.3 Å². The second kappa shape index (κ2) is 16.2. The van der Waals surface area contributed by atoms with E-state index in [1.54, 1.807) is 6.92 Å². The Kier molecular flexibility index (Phi) is 12.2. The molecule has 1 aliphatic carbocycles. The lowest BCUT2D eigenvalue weighted by Gasteiger charge is -2.45. The first-order valence-electron chi connectivity index (χ1n) is 17.3. The average Bonchev–Trinajstić information content (AvgIpc) is 3.46. The van der Waals surface area contributed by atoms with E-state index in [0.29, 0.717) is 42.4 Å². The van der Waals surface area contributed by atoms with E-state index < -0.39 is 6.04 Å². The molecule has 46 heavy (non-hydrogen) atoms. The van der Waals surface area contributed by atoms with Crippen molar-refractivity contribution < 1.29 is 14.4 Å². The molecule has 2 heterocycles. The largest absolute Gasteiger partial charge is 0.344 e. The van der Waals surface area contributed by atoms with Crippen LogP contribution in [0.15, 0.2) is 48.5 Å². The van der Waals surface area contributed by atoms with Crippen LogP contribution >= 0.6 is 11.6 Å². The first-order chi connectivity index (χ1) is 22.2. The Labute approximate surface area is 280 Å². The number of nitrogens with zero attached hydrogens (tertiary/aromatic N) is 3. The van der Waals surface area contributed by atoms with Crippen LogP contribution in [0.4, 0.5) is 0 Å². The predicted molar refractivity (Wildman–Crippen MR) is 183 cm³/mol. The maximum atomic E-state index is 14.1. The summed E-state index contributed by atoms with van der Waals surface area (Å²) in [6, 6.07) is 15.3. The van der Waals surface area contributed by atoms with Crippen LogP contribution in [-0.2, 0) is 27.3 Å². The van der Waals surface area contributed by atoms with Crippen molar-refractivity contribution >= 4 is 29.3 Å². The highest BCUT2D eigenvalue weighted by Gasteiger charge is 2.36. The normalized spacial score (nSPS) is 20.3. The Hall–Kier alpha value is -2.94. The number of amides is 3. The predicted octanol–water partition coefficient (Wildman–Crippen LogP) is 5.20. The molecule has 9 heteroatoms. The molecular weight excluding hydrogens is 598 g/mol. The molecule has 0 spiro atoms. The Bertz CT molecular complexity index is 1320. The summed E-state index contributed by atoms with van der Waals surface area (Å²) in [6.45, 7) is 11.0. The molecular formula is C37H52ClN5O3. The van der Waals surface area contributed by atoms with Crippen LogP contribution in [0, 0.1) is 11.8 Å². The maximum Gasteiger partial charge on any atom is 0.245 e. The second-order valence-corrected chi connectivity index (χ2v) is 14.4. The number of nitrogens with one attached hydrogen (secondary N) is 2. The molecule has 250 valence electrons. The third-order valence-electron chi connectivity index (χ3n) is 10.1. The van der Waals surface area contributed by atoms with Crippen LogP contribution in [0.25, 0.3) is 0 Å². The first kappa shape index (κ1) is 34.4. The van der Waals surface area contributed by atoms with E-state index in [9.17, 15) is 14.4 Å². The number of fused-ring (bicyclic) bond motifs is 1. The summed E-state index contributed by atoms with van der Waals surface area (Å²) < 4.78 is 0. The summed E-state index contributed by atoms with van der Waals surface area (Å²) in [6.07, 6.45) is 6.87. The number of halogens is 1. The van der Waals surface area contributed by atoms with Gasteiger partial charge in [-0.2, -0.15) is 0 Å². The van der Waals surface area contributed by atoms with Gasteiger partial charge in [-0.15, -0.1) is 0 Å². The molecule has 1 saturated heterocycles. The van der Waals surface area contributed by atoms with Gasteiger partial charge in [0.05, 0.1) is 0 Å². The summed E-state index contributed by atoms with van der Waals surface area (Å²) in [7, 11) is 0. The molecule has 0 radical (unpaired) electrons. The van der Waals surface area contributed by atoms with Gasteiger partial charge >= 0.3 is 0 Å². The number of benzene rings is 2. The summed E-state index contributed by atoms with van der Waals surface area (Å²) in [5.41, 5.74) is 3.32. The molecule has 2 N–H and O–H groups in total. The third-order valence-corrected chi connectivity index (χ3v) is 10.3. The van der Waals surface area contributed by atoms with Gasteiger partial charge in [-0.1, -0.05) is 81.1 Å². The van der Waals surface area contributed by atoms with Gasteiger partial charge in [-0.25, -0.2) is 0 Å². The zero-order valence-electron chi connectivity index (χ0n) is 27.8. The Morgan fingerprint density at radius 2 is 1.65 bits per heavy atom. The van der Waals surface area contributed by atoms with Crippen molar-refractivity contribution in [3.63, 3.8) is 0 Å².